The van der Waals surface area contributed by atoms with Gasteiger partial charge in [0.05, 0.1) is 13.2 Å². The fourth-order valence-electron chi connectivity index (χ4n) is 1.64. The van der Waals surface area contributed by atoms with Gasteiger partial charge in [-0.3, -0.25) is 9.59 Å². The molecule has 0 saturated carbocycles. The van der Waals surface area contributed by atoms with Gasteiger partial charge in [-0.1, -0.05) is 24.3 Å². The molecule has 0 saturated heterocycles. The average molecular weight is 278 g/mol. The highest BCUT2D eigenvalue weighted by Gasteiger charge is 2.47. The van der Waals surface area contributed by atoms with Crippen molar-refractivity contribution in [1.29, 1.82) is 0 Å². The van der Waals surface area contributed by atoms with Crippen LogP contribution < -0.4 is 0 Å². The topological polar surface area (TPSA) is 52.6 Å². The smallest absolute Gasteiger partial charge is 0.324 e. The van der Waals surface area contributed by atoms with Gasteiger partial charge >= 0.3 is 11.9 Å². The fraction of sp³-hybridized carbons (Fsp3) is 0.500. The van der Waals surface area contributed by atoms with Crippen molar-refractivity contribution < 1.29 is 19.1 Å². The maximum Gasteiger partial charge on any atom is 0.324 e. The summed E-state index contributed by atoms with van der Waals surface area (Å²) in [4.78, 5) is 24.3. The fourth-order valence-corrected chi connectivity index (χ4v) is 1.64. The van der Waals surface area contributed by atoms with Crippen LogP contribution in [0.3, 0.4) is 0 Å². The van der Waals surface area contributed by atoms with Crippen LogP contribution in [0.15, 0.2) is 24.3 Å². The first kappa shape index (κ1) is 18.0. The maximum absolute atomic E-state index is 12.2. The molecule has 0 amide bonds. The molecule has 0 atom stereocenters. The van der Waals surface area contributed by atoms with Crippen molar-refractivity contribution in [2.24, 2.45) is 5.41 Å². The molecule has 0 radical (unpaired) electrons. The zero-order valence-corrected chi connectivity index (χ0v) is 12.3. The maximum atomic E-state index is 12.2. The van der Waals surface area contributed by atoms with Gasteiger partial charge in [-0.25, -0.2) is 0 Å². The third kappa shape index (κ3) is 4.93. The Bertz CT molecular complexity index is 395. The summed E-state index contributed by atoms with van der Waals surface area (Å²) in [5.74, 6) is 1.10. The first-order chi connectivity index (χ1) is 9.58. The number of carbonyl (C=O) groups is 2. The Balaban J connectivity index is 5.37. The van der Waals surface area contributed by atoms with Gasteiger partial charge in [-0.05, 0) is 27.2 Å². The highest BCUT2D eigenvalue weighted by Crippen LogP contribution is 2.31. The first-order valence-corrected chi connectivity index (χ1v) is 6.64. The Morgan fingerprint density at radius 2 is 1.70 bits per heavy atom. The van der Waals surface area contributed by atoms with Gasteiger partial charge in [0.25, 0.3) is 0 Å². The summed E-state index contributed by atoms with van der Waals surface area (Å²) < 4.78 is 9.99. The molecule has 0 rings (SSSR count). The SMILES string of the molecule is C#CCC(C/C=C/C=C/C)(C(=O)OCC)C(=O)OCC. The summed E-state index contributed by atoms with van der Waals surface area (Å²) >= 11 is 0. The summed E-state index contributed by atoms with van der Waals surface area (Å²) in [6.07, 6.45) is 12.5. The number of esters is 2. The molecule has 0 aromatic carbocycles. The number of hydrogen-bond donors (Lipinski definition) is 0. The monoisotopic (exact) mass is 278 g/mol. The van der Waals surface area contributed by atoms with E-state index in [0.717, 1.165) is 0 Å². The molecule has 0 spiro atoms. The lowest BCUT2D eigenvalue weighted by atomic mass is 9.81. The molecule has 0 unspecified atom stereocenters. The molecule has 0 aliphatic carbocycles. The van der Waals surface area contributed by atoms with Crippen LogP contribution in [0.2, 0.25) is 0 Å². The molecule has 0 bridgehead atoms. The van der Waals surface area contributed by atoms with Crippen LogP contribution in [-0.2, 0) is 19.1 Å². The van der Waals surface area contributed by atoms with E-state index in [1.54, 1.807) is 32.1 Å². The molecule has 0 aliphatic heterocycles. The second kappa shape index (κ2) is 9.85. The molecule has 0 aliphatic rings. The standard InChI is InChI=1S/C16H22O4/c1-5-9-10-11-13-16(12-6-2,14(17)19-7-3)15(18)20-8-4/h2,5,9-11H,7-8,12-13H2,1,3-4H3/b9-5+,11-10+. The van der Waals surface area contributed by atoms with Gasteiger partial charge < -0.3 is 9.47 Å². The number of ether oxygens (including phenoxy) is 2. The molecule has 4 nitrogen and oxygen atoms in total. The molecule has 0 heterocycles. The predicted octanol–water partition coefficient (Wildman–Crippen LogP) is 2.64. The van der Waals surface area contributed by atoms with E-state index in [0.29, 0.717) is 0 Å². The summed E-state index contributed by atoms with van der Waals surface area (Å²) in [6.45, 7) is 5.60. The van der Waals surface area contributed by atoms with E-state index in [-0.39, 0.29) is 26.1 Å². The lowest BCUT2D eigenvalue weighted by molar-refractivity contribution is -0.171. The highest BCUT2D eigenvalue weighted by atomic mass is 16.6. The molecule has 0 aromatic heterocycles. The third-order valence-corrected chi connectivity index (χ3v) is 2.64. The Hall–Kier alpha value is -2.02. The summed E-state index contributed by atoms with van der Waals surface area (Å²) in [6, 6.07) is 0. The van der Waals surface area contributed by atoms with E-state index in [9.17, 15) is 9.59 Å². The average Bonchev–Trinajstić information content (AvgIpc) is 2.42. The van der Waals surface area contributed by atoms with Crippen molar-refractivity contribution in [2.75, 3.05) is 13.2 Å². The summed E-state index contributed by atoms with van der Waals surface area (Å²) in [7, 11) is 0. The molecule has 0 N–H and O–H groups in total. The minimum absolute atomic E-state index is 0.0507. The van der Waals surface area contributed by atoms with Crippen LogP contribution in [0.5, 0.6) is 0 Å². The van der Waals surface area contributed by atoms with Crippen LogP contribution in [0.4, 0.5) is 0 Å². The molecule has 20 heavy (non-hydrogen) atoms. The van der Waals surface area contributed by atoms with Crippen LogP contribution in [-0.4, -0.2) is 25.2 Å². The largest absolute Gasteiger partial charge is 0.465 e. The normalized spacial score (nSPS) is 11.5. The predicted molar refractivity (Wildman–Crippen MR) is 77.7 cm³/mol. The zero-order chi connectivity index (χ0) is 15.4. The van der Waals surface area contributed by atoms with Crippen LogP contribution in [0.1, 0.15) is 33.6 Å². The number of carbonyl (C=O) groups excluding carboxylic acids is 2. The van der Waals surface area contributed by atoms with E-state index < -0.39 is 17.4 Å². The quantitative estimate of drug-likeness (QED) is 0.296. The lowest BCUT2D eigenvalue weighted by Crippen LogP contribution is -2.41. The van der Waals surface area contributed by atoms with E-state index in [1.165, 1.54) is 0 Å². The van der Waals surface area contributed by atoms with Crippen LogP contribution in [0.25, 0.3) is 0 Å². The number of hydrogen-bond acceptors (Lipinski definition) is 4. The van der Waals surface area contributed by atoms with Crippen molar-refractivity contribution in [3.05, 3.63) is 24.3 Å². The van der Waals surface area contributed by atoms with E-state index >= 15 is 0 Å². The molecule has 4 heteroatoms. The van der Waals surface area contributed by atoms with Gasteiger partial charge in [-0.15, -0.1) is 12.3 Å². The Labute approximate surface area is 120 Å². The second-order valence-corrected chi connectivity index (χ2v) is 4.06. The van der Waals surface area contributed by atoms with Gasteiger partial charge in [0.1, 0.15) is 0 Å². The summed E-state index contributed by atoms with van der Waals surface area (Å²) in [5, 5.41) is 0. The lowest BCUT2D eigenvalue weighted by Gasteiger charge is -2.26. The van der Waals surface area contributed by atoms with E-state index in [1.807, 2.05) is 13.0 Å². The van der Waals surface area contributed by atoms with Gasteiger partial charge in [0, 0.05) is 6.42 Å². The van der Waals surface area contributed by atoms with Gasteiger partial charge in [0.15, 0.2) is 5.41 Å². The third-order valence-electron chi connectivity index (χ3n) is 2.64. The molecular weight excluding hydrogens is 256 g/mol. The second-order valence-electron chi connectivity index (χ2n) is 4.06. The molecule has 0 fully saturated rings. The molecule has 0 aromatic rings. The van der Waals surface area contributed by atoms with Crippen LogP contribution in [0, 0.1) is 17.8 Å². The number of allylic oxidation sites excluding steroid dienone is 4. The minimum Gasteiger partial charge on any atom is -0.465 e. The van der Waals surface area contributed by atoms with E-state index in [2.05, 4.69) is 5.92 Å². The van der Waals surface area contributed by atoms with Crippen molar-refractivity contribution in [2.45, 2.75) is 33.6 Å². The molecule has 110 valence electrons. The van der Waals surface area contributed by atoms with E-state index in [4.69, 9.17) is 15.9 Å². The minimum atomic E-state index is -1.46. The van der Waals surface area contributed by atoms with Crippen molar-refractivity contribution in [3.63, 3.8) is 0 Å². The number of rotatable bonds is 8. The van der Waals surface area contributed by atoms with Crippen molar-refractivity contribution >= 4 is 11.9 Å². The first-order valence-electron chi connectivity index (χ1n) is 6.64. The Morgan fingerprint density at radius 1 is 1.15 bits per heavy atom. The van der Waals surface area contributed by atoms with Crippen molar-refractivity contribution in [1.82, 2.24) is 0 Å². The van der Waals surface area contributed by atoms with Crippen molar-refractivity contribution in [3.8, 4) is 12.3 Å². The van der Waals surface area contributed by atoms with Gasteiger partial charge in [0.2, 0.25) is 0 Å². The Kier molecular flexibility index (Phi) is 8.86. The summed E-state index contributed by atoms with van der Waals surface area (Å²) in [5.41, 5.74) is -1.46. The molecular formula is C16H22O4. The highest BCUT2D eigenvalue weighted by molar-refractivity contribution is 6.00. The Morgan fingerprint density at radius 3 is 2.10 bits per heavy atom. The van der Waals surface area contributed by atoms with Crippen LogP contribution >= 0.6 is 0 Å². The zero-order valence-electron chi connectivity index (χ0n) is 12.3. The number of terminal acetylenes is 1. The van der Waals surface area contributed by atoms with Gasteiger partial charge in [-0.2, -0.15) is 0 Å².